The first-order valence-corrected chi connectivity index (χ1v) is 6.02. The fourth-order valence-electron chi connectivity index (χ4n) is 2.94. The summed E-state index contributed by atoms with van der Waals surface area (Å²) >= 11 is 0. The molecule has 0 heterocycles. The van der Waals surface area contributed by atoms with E-state index in [-0.39, 0.29) is 0 Å². The molecular formula is C13H20O. The normalized spacial score (nSPS) is 38.1. The van der Waals surface area contributed by atoms with Gasteiger partial charge in [0.25, 0.3) is 0 Å². The highest BCUT2D eigenvalue weighted by atomic mass is 16.1. The van der Waals surface area contributed by atoms with Crippen molar-refractivity contribution in [3.8, 4) is 0 Å². The highest BCUT2D eigenvalue weighted by Gasteiger charge is 2.26. The minimum Gasteiger partial charge on any atom is -0.303 e. The van der Waals surface area contributed by atoms with E-state index in [2.05, 4.69) is 12.2 Å². The van der Waals surface area contributed by atoms with Crippen LogP contribution in [0.2, 0.25) is 0 Å². The Kier molecular flexibility index (Phi) is 3.39. The van der Waals surface area contributed by atoms with E-state index in [1.807, 2.05) is 0 Å². The number of aldehydes is 1. The monoisotopic (exact) mass is 192 g/mol. The van der Waals surface area contributed by atoms with Crippen LogP contribution in [-0.4, -0.2) is 6.29 Å². The molecule has 1 atom stereocenters. The molecule has 1 nitrogen and oxygen atoms in total. The maximum Gasteiger partial charge on any atom is 0.123 e. The van der Waals surface area contributed by atoms with Gasteiger partial charge in [-0.05, 0) is 56.8 Å². The lowest BCUT2D eigenvalue weighted by Gasteiger charge is -2.32. The smallest absolute Gasteiger partial charge is 0.123 e. The lowest BCUT2D eigenvalue weighted by atomic mass is 9.73. The van der Waals surface area contributed by atoms with Crippen molar-refractivity contribution in [3.05, 3.63) is 12.2 Å². The van der Waals surface area contributed by atoms with Gasteiger partial charge in [0.2, 0.25) is 0 Å². The van der Waals surface area contributed by atoms with Crippen LogP contribution in [0.5, 0.6) is 0 Å². The molecule has 0 aromatic heterocycles. The third-order valence-corrected chi connectivity index (χ3v) is 3.91. The van der Waals surface area contributed by atoms with Gasteiger partial charge < -0.3 is 4.79 Å². The average molecular weight is 192 g/mol. The van der Waals surface area contributed by atoms with Gasteiger partial charge in [0.15, 0.2) is 0 Å². The van der Waals surface area contributed by atoms with Crippen LogP contribution in [0.3, 0.4) is 0 Å². The van der Waals surface area contributed by atoms with Crippen LogP contribution in [0.4, 0.5) is 0 Å². The second-order valence-corrected chi connectivity index (χ2v) is 4.83. The quantitative estimate of drug-likeness (QED) is 0.484. The molecule has 0 spiro atoms. The van der Waals surface area contributed by atoms with Crippen molar-refractivity contribution in [1.29, 1.82) is 0 Å². The lowest BCUT2D eigenvalue weighted by molar-refractivity contribution is -0.112. The molecule has 0 aromatic rings. The molecule has 1 heteroatoms. The Labute approximate surface area is 86.6 Å². The maximum absolute atomic E-state index is 10.6. The van der Waals surface area contributed by atoms with Crippen LogP contribution in [0.25, 0.3) is 0 Å². The van der Waals surface area contributed by atoms with E-state index < -0.39 is 0 Å². The number of hydrogen-bond acceptors (Lipinski definition) is 1. The standard InChI is InChI=1S/C13H20O/c14-10-11-6-8-13(9-7-11)12-4-2-1-3-5-12/h2,4,10-13H,1,3,5-9H2. The van der Waals surface area contributed by atoms with Crippen LogP contribution >= 0.6 is 0 Å². The Balaban J connectivity index is 1.85. The van der Waals surface area contributed by atoms with E-state index in [1.165, 1.54) is 32.1 Å². The number of hydrogen-bond donors (Lipinski definition) is 0. The Bertz CT molecular complexity index is 211. The van der Waals surface area contributed by atoms with Crippen molar-refractivity contribution in [1.82, 2.24) is 0 Å². The van der Waals surface area contributed by atoms with Crippen LogP contribution in [0, 0.1) is 17.8 Å². The summed E-state index contributed by atoms with van der Waals surface area (Å²) in [5.74, 6) is 2.08. The van der Waals surface area contributed by atoms with Gasteiger partial charge in [-0.1, -0.05) is 12.2 Å². The largest absolute Gasteiger partial charge is 0.303 e. The summed E-state index contributed by atoms with van der Waals surface area (Å²) in [6.45, 7) is 0. The van der Waals surface area contributed by atoms with Crippen molar-refractivity contribution >= 4 is 6.29 Å². The zero-order valence-electron chi connectivity index (χ0n) is 8.82. The third-order valence-electron chi connectivity index (χ3n) is 3.91. The molecule has 0 aliphatic heterocycles. The first kappa shape index (κ1) is 9.95. The van der Waals surface area contributed by atoms with Gasteiger partial charge in [0, 0.05) is 5.92 Å². The minimum absolute atomic E-state index is 0.374. The summed E-state index contributed by atoms with van der Waals surface area (Å²) in [6, 6.07) is 0. The Morgan fingerprint density at radius 2 is 1.86 bits per heavy atom. The first-order chi connectivity index (χ1) is 6.90. The van der Waals surface area contributed by atoms with E-state index in [1.54, 1.807) is 0 Å². The Hall–Kier alpha value is -0.590. The molecule has 1 fully saturated rings. The van der Waals surface area contributed by atoms with Crippen LogP contribution in [-0.2, 0) is 4.79 Å². The van der Waals surface area contributed by atoms with E-state index in [0.29, 0.717) is 5.92 Å². The van der Waals surface area contributed by atoms with E-state index in [4.69, 9.17) is 0 Å². The lowest BCUT2D eigenvalue weighted by Crippen LogP contribution is -2.22. The van der Waals surface area contributed by atoms with Gasteiger partial charge >= 0.3 is 0 Å². The highest BCUT2D eigenvalue weighted by molar-refractivity contribution is 5.53. The molecule has 0 amide bonds. The highest BCUT2D eigenvalue weighted by Crippen LogP contribution is 2.36. The first-order valence-electron chi connectivity index (χ1n) is 6.02. The third kappa shape index (κ3) is 2.26. The number of rotatable bonds is 2. The van der Waals surface area contributed by atoms with Gasteiger partial charge in [-0.2, -0.15) is 0 Å². The van der Waals surface area contributed by atoms with Crippen LogP contribution < -0.4 is 0 Å². The molecule has 14 heavy (non-hydrogen) atoms. The van der Waals surface area contributed by atoms with Gasteiger partial charge in [0.1, 0.15) is 6.29 Å². The molecule has 0 radical (unpaired) electrons. The summed E-state index contributed by atoms with van der Waals surface area (Å²) in [5, 5.41) is 0. The van der Waals surface area contributed by atoms with Crippen molar-refractivity contribution in [2.24, 2.45) is 17.8 Å². The molecule has 1 saturated carbocycles. The van der Waals surface area contributed by atoms with Gasteiger partial charge in [-0.3, -0.25) is 0 Å². The predicted molar refractivity (Wildman–Crippen MR) is 58.0 cm³/mol. The Morgan fingerprint density at radius 3 is 2.43 bits per heavy atom. The molecular weight excluding hydrogens is 172 g/mol. The number of carbonyl (C=O) groups is 1. The molecule has 78 valence electrons. The molecule has 0 aromatic carbocycles. The summed E-state index contributed by atoms with van der Waals surface area (Å²) in [5.41, 5.74) is 0. The minimum atomic E-state index is 0.374. The molecule has 0 bridgehead atoms. The van der Waals surface area contributed by atoms with Crippen LogP contribution in [0.15, 0.2) is 12.2 Å². The zero-order valence-corrected chi connectivity index (χ0v) is 8.82. The zero-order chi connectivity index (χ0) is 9.80. The molecule has 2 aliphatic carbocycles. The second-order valence-electron chi connectivity index (χ2n) is 4.83. The topological polar surface area (TPSA) is 17.1 Å². The summed E-state index contributed by atoms with van der Waals surface area (Å²) < 4.78 is 0. The van der Waals surface area contributed by atoms with Gasteiger partial charge in [-0.25, -0.2) is 0 Å². The van der Waals surface area contributed by atoms with Crippen molar-refractivity contribution in [2.45, 2.75) is 44.9 Å². The average Bonchev–Trinajstić information content (AvgIpc) is 2.30. The predicted octanol–water partition coefficient (Wildman–Crippen LogP) is 3.35. The van der Waals surface area contributed by atoms with Crippen molar-refractivity contribution in [3.63, 3.8) is 0 Å². The fourth-order valence-corrected chi connectivity index (χ4v) is 2.94. The molecule has 2 aliphatic rings. The number of allylic oxidation sites excluding steroid dienone is 2. The fraction of sp³-hybridized carbons (Fsp3) is 0.769. The summed E-state index contributed by atoms with van der Waals surface area (Å²) in [6.07, 6.45) is 14.8. The van der Waals surface area contributed by atoms with Gasteiger partial charge in [0.05, 0.1) is 0 Å². The molecule has 1 unspecified atom stereocenters. The SMILES string of the molecule is O=CC1CCC(C2C=CCCC2)CC1. The maximum atomic E-state index is 10.6. The van der Waals surface area contributed by atoms with Crippen molar-refractivity contribution < 1.29 is 4.79 Å². The van der Waals surface area contributed by atoms with Crippen molar-refractivity contribution in [2.75, 3.05) is 0 Å². The summed E-state index contributed by atoms with van der Waals surface area (Å²) in [7, 11) is 0. The van der Waals surface area contributed by atoms with Gasteiger partial charge in [-0.15, -0.1) is 0 Å². The summed E-state index contributed by atoms with van der Waals surface area (Å²) in [4.78, 5) is 10.6. The Morgan fingerprint density at radius 1 is 1.07 bits per heavy atom. The van der Waals surface area contributed by atoms with E-state index >= 15 is 0 Å². The molecule has 0 N–H and O–H groups in total. The number of carbonyl (C=O) groups excluding carboxylic acids is 1. The van der Waals surface area contributed by atoms with E-state index in [9.17, 15) is 4.79 Å². The molecule has 0 saturated heterocycles. The molecule has 2 rings (SSSR count). The second kappa shape index (κ2) is 4.77. The van der Waals surface area contributed by atoms with Crippen LogP contribution in [0.1, 0.15) is 44.9 Å². The van der Waals surface area contributed by atoms with E-state index in [0.717, 1.165) is 31.0 Å².